The number of nitrogens with zero attached hydrogens (tertiary/aromatic N) is 2. The van der Waals surface area contributed by atoms with Crippen molar-refractivity contribution in [2.45, 2.75) is 20.3 Å². The monoisotopic (exact) mass is 369 g/mol. The predicted octanol–water partition coefficient (Wildman–Crippen LogP) is 2.82. The summed E-state index contributed by atoms with van der Waals surface area (Å²) in [7, 11) is 0. The number of aromatic nitrogens is 2. The third-order valence-electron chi connectivity index (χ3n) is 3.92. The molecule has 0 unspecified atom stereocenters. The average molecular weight is 369 g/mol. The third kappa shape index (κ3) is 4.43. The molecule has 134 valence electrons. The highest BCUT2D eigenvalue weighted by molar-refractivity contribution is 7.09. The van der Waals surface area contributed by atoms with Crippen LogP contribution in [0.1, 0.15) is 26.6 Å². The fraction of sp³-hybridized carbons (Fsp3) is 0.263. The minimum Gasteiger partial charge on any atom is -0.452 e. The van der Waals surface area contributed by atoms with Crippen LogP contribution < -0.4 is 5.32 Å². The molecular formula is C19H19N3O3S. The van der Waals surface area contributed by atoms with E-state index in [0.717, 1.165) is 23.3 Å². The van der Waals surface area contributed by atoms with Gasteiger partial charge >= 0.3 is 5.97 Å². The van der Waals surface area contributed by atoms with E-state index in [1.165, 1.54) is 4.88 Å². The summed E-state index contributed by atoms with van der Waals surface area (Å²) in [4.78, 5) is 34.0. The zero-order valence-corrected chi connectivity index (χ0v) is 15.4. The molecule has 3 rings (SSSR count). The molecule has 6 nitrogen and oxygen atoms in total. The Balaban J connectivity index is 1.53. The lowest BCUT2D eigenvalue weighted by atomic mass is 10.2. The van der Waals surface area contributed by atoms with E-state index < -0.39 is 5.97 Å². The van der Waals surface area contributed by atoms with Crippen LogP contribution in [0.15, 0.2) is 35.7 Å². The Kier molecular flexibility index (Phi) is 5.58. The molecule has 0 aliphatic carbocycles. The van der Waals surface area contributed by atoms with E-state index in [-0.39, 0.29) is 12.5 Å². The zero-order valence-electron chi connectivity index (χ0n) is 14.6. The summed E-state index contributed by atoms with van der Waals surface area (Å²) in [6.07, 6.45) is 0.763. The van der Waals surface area contributed by atoms with E-state index in [1.54, 1.807) is 29.5 Å². The van der Waals surface area contributed by atoms with Gasteiger partial charge in [0.1, 0.15) is 0 Å². The number of hydrogen-bond donors (Lipinski definition) is 1. The molecule has 26 heavy (non-hydrogen) atoms. The summed E-state index contributed by atoms with van der Waals surface area (Å²) in [5, 5.41) is 4.73. The number of hydrogen-bond acceptors (Lipinski definition) is 6. The minimum absolute atomic E-state index is 0.306. The van der Waals surface area contributed by atoms with Gasteiger partial charge in [0, 0.05) is 11.4 Å². The van der Waals surface area contributed by atoms with E-state index in [1.807, 2.05) is 31.4 Å². The number of nitrogens with one attached hydrogen (secondary N) is 1. The maximum Gasteiger partial charge on any atom is 0.338 e. The second kappa shape index (κ2) is 8.05. The number of rotatable bonds is 6. The third-order valence-corrected chi connectivity index (χ3v) is 4.86. The van der Waals surface area contributed by atoms with Crippen molar-refractivity contribution in [2.75, 3.05) is 13.2 Å². The topological polar surface area (TPSA) is 81.2 Å². The number of aryl methyl sites for hydroxylation is 2. The maximum absolute atomic E-state index is 12.2. The molecule has 2 heterocycles. The summed E-state index contributed by atoms with van der Waals surface area (Å²) in [6, 6.07) is 8.98. The molecule has 1 amide bonds. The van der Waals surface area contributed by atoms with Gasteiger partial charge in [0.25, 0.3) is 5.91 Å². The lowest BCUT2D eigenvalue weighted by Crippen LogP contribution is -2.30. The molecule has 0 spiro atoms. The fourth-order valence-electron chi connectivity index (χ4n) is 2.40. The number of amides is 1. The number of carbonyl (C=O) groups is 2. The normalized spacial score (nSPS) is 10.7. The summed E-state index contributed by atoms with van der Waals surface area (Å²) in [5.41, 5.74) is 3.36. The highest BCUT2D eigenvalue weighted by Gasteiger charge is 2.12. The number of benzene rings is 1. The van der Waals surface area contributed by atoms with Crippen LogP contribution in [0.25, 0.3) is 11.0 Å². The number of thiophene rings is 1. The smallest absolute Gasteiger partial charge is 0.338 e. The first-order valence-corrected chi connectivity index (χ1v) is 9.12. The lowest BCUT2D eigenvalue weighted by Gasteiger charge is -2.07. The van der Waals surface area contributed by atoms with Gasteiger partial charge in [-0.25, -0.2) is 14.8 Å². The van der Waals surface area contributed by atoms with Crippen LogP contribution >= 0.6 is 11.3 Å². The highest BCUT2D eigenvalue weighted by Crippen LogP contribution is 2.15. The summed E-state index contributed by atoms with van der Waals surface area (Å²) < 4.78 is 5.08. The quantitative estimate of drug-likeness (QED) is 0.676. The standard InChI is InChI=1S/C19H19N3O3S/c1-12-13(2)22-17-10-14(5-6-16(17)21-12)19(24)25-11-18(23)20-8-7-15-4-3-9-26-15/h3-6,9-10H,7-8,11H2,1-2H3,(H,20,23). The van der Waals surface area contributed by atoms with Gasteiger partial charge in [-0.15, -0.1) is 11.3 Å². The van der Waals surface area contributed by atoms with Gasteiger partial charge in [0.2, 0.25) is 0 Å². The summed E-state index contributed by atoms with van der Waals surface area (Å²) in [6.45, 7) is 3.97. The molecule has 0 aliphatic rings. The molecule has 0 saturated carbocycles. The maximum atomic E-state index is 12.2. The molecule has 0 saturated heterocycles. The first kappa shape index (κ1) is 18.0. The van der Waals surface area contributed by atoms with Crippen LogP contribution in [-0.4, -0.2) is 35.0 Å². The van der Waals surface area contributed by atoms with Gasteiger partial charge in [-0.1, -0.05) is 6.07 Å². The van der Waals surface area contributed by atoms with Crippen LogP contribution in [0.3, 0.4) is 0 Å². The van der Waals surface area contributed by atoms with Crippen LogP contribution in [0.4, 0.5) is 0 Å². The Morgan fingerprint density at radius 2 is 1.88 bits per heavy atom. The van der Waals surface area contributed by atoms with E-state index >= 15 is 0 Å². The predicted molar refractivity (Wildman–Crippen MR) is 100 cm³/mol. The lowest BCUT2D eigenvalue weighted by molar-refractivity contribution is -0.124. The van der Waals surface area contributed by atoms with E-state index in [2.05, 4.69) is 15.3 Å². The molecule has 7 heteroatoms. The molecular weight excluding hydrogens is 350 g/mol. The fourth-order valence-corrected chi connectivity index (χ4v) is 3.11. The summed E-state index contributed by atoms with van der Waals surface area (Å²) >= 11 is 1.65. The van der Waals surface area contributed by atoms with E-state index in [4.69, 9.17) is 4.74 Å². The van der Waals surface area contributed by atoms with Crippen LogP contribution in [-0.2, 0) is 16.0 Å². The number of carbonyl (C=O) groups excluding carboxylic acids is 2. The van der Waals surface area contributed by atoms with Crippen molar-refractivity contribution < 1.29 is 14.3 Å². The van der Waals surface area contributed by atoms with Crippen LogP contribution in [0.2, 0.25) is 0 Å². The summed E-state index contributed by atoms with van der Waals surface area (Å²) in [5.74, 6) is -0.873. The van der Waals surface area contributed by atoms with Crippen molar-refractivity contribution in [1.29, 1.82) is 0 Å². The molecule has 2 aromatic heterocycles. The Bertz CT molecular complexity index is 939. The van der Waals surface area contributed by atoms with Crippen molar-refractivity contribution in [1.82, 2.24) is 15.3 Å². The Labute approximate surface area is 155 Å². The Hall–Kier alpha value is -2.80. The van der Waals surface area contributed by atoms with Crippen LogP contribution in [0, 0.1) is 13.8 Å². The average Bonchev–Trinajstić information content (AvgIpc) is 3.13. The van der Waals surface area contributed by atoms with Gasteiger partial charge in [-0.3, -0.25) is 4.79 Å². The van der Waals surface area contributed by atoms with Gasteiger partial charge < -0.3 is 10.1 Å². The highest BCUT2D eigenvalue weighted by atomic mass is 32.1. The largest absolute Gasteiger partial charge is 0.452 e. The van der Waals surface area contributed by atoms with Gasteiger partial charge in [0.05, 0.1) is 28.0 Å². The molecule has 3 aromatic rings. The number of ether oxygens (including phenoxy) is 1. The van der Waals surface area contributed by atoms with Crippen molar-refractivity contribution in [2.24, 2.45) is 0 Å². The number of fused-ring (bicyclic) bond motifs is 1. The number of esters is 1. The van der Waals surface area contributed by atoms with Crippen molar-refractivity contribution >= 4 is 34.2 Å². The minimum atomic E-state index is -0.555. The molecule has 1 aromatic carbocycles. The van der Waals surface area contributed by atoms with Crippen LogP contribution in [0.5, 0.6) is 0 Å². The van der Waals surface area contributed by atoms with Gasteiger partial charge in [-0.05, 0) is 49.9 Å². The van der Waals surface area contributed by atoms with E-state index in [0.29, 0.717) is 17.6 Å². The molecule has 1 N–H and O–H groups in total. The zero-order chi connectivity index (χ0) is 18.5. The first-order valence-electron chi connectivity index (χ1n) is 8.24. The van der Waals surface area contributed by atoms with Gasteiger partial charge in [0.15, 0.2) is 6.61 Å². The molecule has 0 bridgehead atoms. The van der Waals surface area contributed by atoms with E-state index in [9.17, 15) is 9.59 Å². The molecule has 0 radical (unpaired) electrons. The SMILES string of the molecule is Cc1nc2ccc(C(=O)OCC(=O)NCCc3cccs3)cc2nc1C. The second-order valence-electron chi connectivity index (χ2n) is 5.85. The molecule has 0 fully saturated rings. The Morgan fingerprint density at radius 3 is 2.62 bits per heavy atom. The first-order chi connectivity index (χ1) is 12.5. The second-order valence-corrected chi connectivity index (χ2v) is 6.89. The van der Waals surface area contributed by atoms with Crippen molar-refractivity contribution in [3.63, 3.8) is 0 Å². The van der Waals surface area contributed by atoms with Crippen molar-refractivity contribution in [3.05, 3.63) is 57.5 Å². The Morgan fingerprint density at radius 1 is 1.12 bits per heavy atom. The van der Waals surface area contributed by atoms with Crippen molar-refractivity contribution in [3.8, 4) is 0 Å². The molecule has 0 aliphatic heterocycles. The molecule has 0 atom stereocenters. The van der Waals surface area contributed by atoms with Gasteiger partial charge in [-0.2, -0.15) is 0 Å².